The number of non-ortho nitro benzene ring substituents is 1. The highest BCUT2D eigenvalue weighted by Gasteiger charge is 2.16. The molecule has 1 saturated heterocycles. The Morgan fingerprint density at radius 1 is 1.38 bits per heavy atom. The SMILES string of the molecule is O=[N+]([O-])c1ccc(OCCC2CNC2)cc1. The van der Waals surface area contributed by atoms with E-state index in [1.807, 2.05) is 0 Å². The van der Waals surface area contributed by atoms with Crippen molar-refractivity contribution in [3.8, 4) is 5.75 Å². The number of rotatable bonds is 5. The van der Waals surface area contributed by atoms with E-state index in [-0.39, 0.29) is 5.69 Å². The number of nitrogens with zero attached hydrogens (tertiary/aromatic N) is 1. The molecule has 1 aliphatic heterocycles. The number of ether oxygens (including phenoxy) is 1. The zero-order chi connectivity index (χ0) is 11.4. The molecule has 1 aromatic rings. The number of hydrogen-bond donors (Lipinski definition) is 1. The van der Waals surface area contributed by atoms with E-state index in [1.54, 1.807) is 12.1 Å². The van der Waals surface area contributed by atoms with Gasteiger partial charge in [0.1, 0.15) is 5.75 Å². The summed E-state index contributed by atoms with van der Waals surface area (Å²) >= 11 is 0. The summed E-state index contributed by atoms with van der Waals surface area (Å²) in [6.07, 6.45) is 1.03. The van der Waals surface area contributed by atoms with Gasteiger partial charge in [-0.15, -0.1) is 0 Å². The lowest BCUT2D eigenvalue weighted by Gasteiger charge is -2.26. The Hall–Kier alpha value is -1.62. The summed E-state index contributed by atoms with van der Waals surface area (Å²) in [5, 5.41) is 13.6. The zero-order valence-corrected chi connectivity index (χ0v) is 8.89. The molecule has 5 nitrogen and oxygen atoms in total. The van der Waals surface area contributed by atoms with Crippen molar-refractivity contribution in [1.82, 2.24) is 5.32 Å². The molecule has 1 aliphatic rings. The molecule has 5 heteroatoms. The van der Waals surface area contributed by atoms with Crippen molar-refractivity contribution in [3.63, 3.8) is 0 Å². The van der Waals surface area contributed by atoms with Crippen molar-refractivity contribution in [3.05, 3.63) is 34.4 Å². The summed E-state index contributed by atoms with van der Waals surface area (Å²) in [7, 11) is 0. The minimum Gasteiger partial charge on any atom is -0.494 e. The Morgan fingerprint density at radius 3 is 2.56 bits per heavy atom. The third-order valence-electron chi connectivity index (χ3n) is 2.71. The molecule has 1 N–H and O–H groups in total. The van der Waals surface area contributed by atoms with E-state index in [0.29, 0.717) is 12.4 Å². The van der Waals surface area contributed by atoms with Crippen LogP contribution in [0.1, 0.15) is 6.42 Å². The molecule has 0 saturated carbocycles. The molecule has 0 radical (unpaired) electrons. The molecular weight excluding hydrogens is 208 g/mol. The topological polar surface area (TPSA) is 64.4 Å². The molecule has 16 heavy (non-hydrogen) atoms. The fourth-order valence-electron chi connectivity index (χ4n) is 1.56. The fourth-order valence-corrected chi connectivity index (χ4v) is 1.56. The van der Waals surface area contributed by atoms with Crippen molar-refractivity contribution in [2.45, 2.75) is 6.42 Å². The number of nitro groups is 1. The predicted molar refractivity (Wildman–Crippen MR) is 59.6 cm³/mol. The van der Waals surface area contributed by atoms with Gasteiger partial charge >= 0.3 is 0 Å². The Balaban J connectivity index is 1.78. The molecule has 0 atom stereocenters. The quantitative estimate of drug-likeness (QED) is 0.607. The van der Waals surface area contributed by atoms with Crippen molar-refractivity contribution in [2.24, 2.45) is 5.92 Å². The lowest BCUT2D eigenvalue weighted by Crippen LogP contribution is -2.42. The second-order valence-electron chi connectivity index (χ2n) is 3.91. The van der Waals surface area contributed by atoms with Gasteiger partial charge in [-0.05, 0) is 37.6 Å². The summed E-state index contributed by atoms with van der Waals surface area (Å²) in [5.41, 5.74) is 0.0931. The Labute approximate surface area is 93.6 Å². The van der Waals surface area contributed by atoms with Crippen molar-refractivity contribution < 1.29 is 9.66 Å². The van der Waals surface area contributed by atoms with Crippen LogP contribution in [-0.2, 0) is 0 Å². The molecule has 0 unspecified atom stereocenters. The second-order valence-corrected chi connectivity index (χ2v) is 3.91. The van der Waals surface area contributed by atoms with Gasteiger partial charge in [-0.25, -0.2) is 0 Å². The lowest BCUT2D eigenvalue weighted by molar-refractivity contribution is -0.384. The molecule has 0 aromatic heterocycles. The van der Waals surface area contributed by atoms with Gasteiger partial charge in [-0.1, -0.05) is 0 Å². The van der Waals surface area contributed by atoms with E-state index in [2.05, 4.69) is 5.32 Å². The minimum atomic E-state index is -0.413. The highest BCUT2D eigenvalue weighted by Crippen LogP contribution is 2.18. The monoisotopic (exact) mass is 222 g/mol. The van der Waals surface area contributed by atoms with Crippen molar-refractivity contribution in [2.75, 3.05) is 19.7 Å². The Morgan fingerprint density at radius 2 is 2.06 bits per heavy atom. The van der Waals surface area contributed by atoms with Crippen LogP contribution in [0.4, 0.5) is 5.69 Å². The minimum absolute atomic E-state index is 0.0931. The second kappa shape index (κ2) is 4.94. The average molecular weight is 222 g/mol. The molecule has 1 aromatic carbocycles. The Kier molecular flexibility index (Phi) is 3.36. The first kappa shape index (κ1) is 10.9. The highest BCUT2D eigenvalue weighted by molar-refractivity contribution is 5.35. The summed E-state index contributed by atoms with van der Waals surface area (Å²) in [6, 6.07) is 6.19. The van der Waals surface area contributed by atoms with Crippen LogP contribution in [0, 0.1) is 16.0 Å². The molecule has 0 amide bonds. The van der Waals surface area contributed by atoms with Crippen LogP contribution in [-0.4, -0.2) is 24.6 Å². The van der Waals surface area contributed by atoms with E-state index in [1.165, 1.54) is 12.1 Å². The zero-order valence-electron chi connectivity index (χ0n) is 8.89. The average Bonchev–Trinajstić information content (AvgIpc) is 2.22. The van der Waals surface area contributed by atoms with Gasteiger partial charge in [-0.2, -0.15) is 0 Å². The van der Waals surface area contributed by atoms with Crippen molar-refractivity contribution in [1.29, 1.82) is 0 Å². The smallest absolute Gasteiger partial charge is 0.269 e. The van der Waals surface area contributed by atoms with E-state index in [0.717, 1.165) is 25.4 Å². The van der Waals surface area contributed by atoms with Crippen LogP contribution in [0.2, 0.25) is 0 Å². The molecule has 86 valence electrons. The first-order valence-corrected chi connectivity index (χ1v) is 5.33. The maximum Gasteiger partial charge on any atom is 0.269 e. The molecule has 1 fully saturated rings. The molecule has 1 heterocycles. The fraction of sp³-hybridized carbons (Fsp3) is 0.455. The summed E-state index contributed by atoms with van der Waals surface area (Å²) < 4.78 is 5.50. The number of hydrogen-bond acceptors (Lipinski definition) is 4. The largest absolute Gasteiger partial charge is 0.494 e. The predicted octanol–water partition coefficient (Wildman–Crippen LogP) is 1.58. The maximum atomic E-state index is 10.4. The number of nitro benzene ring substituents is 1. The van der Waals surface area contributed by atoms with Crippen molar-refractivity contribution >= 4 is 5.69 Å². The van der Waals surface area contributed by atoms with Gasteiger partial charge in [0, 0.05) is 12.1 Å². The van der Waals surface area contributed by atoms with E-state index in [9.17, 15) is 10.1 Å². The third kappa shape index (κ3) is 2.70. The molecule has 0 bridgehead atoms. The van der Waals surface area contributed by atoms with Gasteiger partial charge in [0.15, 0.2) is 0 Å². The Bertz CT molecular complexity index is 360. The number of benzene rings is 1. The van der Waals surface area contributed by atoms with Gasteiger partial charge < -0.3 is 10.1 Å². The summed E-state index contributed by atoms with van der Waals surface area (Å²) in [4.78, 5) is 10.0. The van der Waals surface area contributed by atoms with E-state index < -0.39 is 4.92 Å². The summed E-state index contributed by atoms with van der Waals surface area (Å²) in [5.74, 6) is 1.41. The first-order chi connectivity index (χ1) is 7.75. The first-order valence-electron chi connectivity index (χ1n) is 5.33. The maximum absolute atomic E-state index is 10.4. The lowest BCUT2D eigenvalue weighted by atomic mass is 10.0. The van der Waals surface area contributed by atoms with Crippen LogP contribution in [0.5, 0.6) is 5.75 Å². The van der Waals surface area contributed by atoms with Crippen LogP contribution in [0.15, 0.2) is 24.3 Å². The number of nitrogens with one attached hydrogen (secondary N) is 1. The van der Waals surface area contributed by atoms with Crippen LogP contribution >= 0.6 is 0 Å². The standard InChI is InChI=1S/C11H14N2O3/c14-13(15)10-1-3-11(4-2-10)16-6-5-9-7-12-8-9/h1-4,9,12H,5-8H2. The van der Waals surface area contributed by atoms with Crippen LogP contribution < -0.4 is 10.1 Å². The molecule has 2 rings (SSSR count). The van der Waals surface area contributed by atoms with Gasteiger partial charge in [0.05, 0.1) is 11.5 Å². The van der Waals surface area contributed by atoms with Gasteiger partial charge in [0.2, 0.25) is 0 Å². The molecule has 0 aliphatic carbocycles. The molecular formula is C11H14N2O3. The van der Waals surface area contributed by atoms with Gasteiger partial charge in [-0.3, -0.25) is 10.1 Å². The third-order valence-corrected chi connectivity index (χ3v) is 2.71. The summed E-state index contributed by atoms with van der Waals surface area (Å²) in [6.45, 7) is 2.82. The normalized spacial score (nSPS) is 15.5. The van der Waals surface area contributed by atoms with E-state index in [4.69, 9.17) is 4.74 Å². The highest BCUT2D eigenvalue weighted by atomic mass is 16.6. The van der Waals surface area contributed by atoms with E-state index >= 15 is 0 Å². The van der Waals surface area contributed by atoms with Crippen LogP contribution in [0.25, 0.3) is 0 Å². The van der Waals surface area contributed by atoms with Crippen LogP contribution in [0.3, 0.4) is 0 Å². The molecule has 0 spiro atoms. The van der Waals surface area contributed by atoms with Gasteiger partial charge in [0.25, 0.3) is 5.69 Å².